The van der Waals surface area contributed by atoms with Crippen molar-refractivity contribution < 1.29 is 9.90 Å². The van der Waals surface area contributed by atoms with Crippen LogP contribution in [0.1, 0.15) is 25.8 Å². The molecule has 0 radical (unpaired) electrons. The number of carboxylic acids is 1. The number of nitrogens with zero attached hydrogens (tertiary/aromatic N) is 1. The van der Waals surface area contributed by atoms with Gasteiger partial charge in [-0.05, 0) is 37.0 Å². The van der Waals surface area contributed by atoms with Crippen LogP contribution < -0.4 is 4.90 Å². The number of carbonyl (C=O) groups is 1. The predicted octanol–water partition coefficient (Wildman–Crippen LogP) is 3.59. The maximum Gasteiger partial charge on any atom is 0.323 e. The van der Waals surface area contributed by atoms with Gasteiger partial charge < -0.3 is 10.0 Å². The van der Waals surface area contributed by atoms with Gasteiger partial charge in [-0.1, -0.05) is 31.5 Å². The summed E-state index contributed by atoms with van der Waals surface area (Å²) >= 11 is 6.08. The van der Waals surface area contributed by atoms with Crippen molar-refractivity contribution in [1.29, 1.82) is 0 Å². The minimum absolute atomic E-state index is 0.00784. The van der Waals surface area contributed by atoms with E-state index in [0.29, 0.717) is 10.9 Å². The summed E-state index contributed by atoms with van der Waals surface area (Å²) in [5, 5.41) is 9.67. The standard InChI is InChI=1S/C14H20ClNO2/c1-10(2)7-8-16(9-14(17)18)13-6-4-5-12(15)11(13)3/h4-6,10H,7-9H2,1-3H3,(H,17,18). The van der Waals surface area contributed by atoms with E-state index in [1.54, 1.807) is 0 Å². The van der Waals surface area contributed by atoms with Gasteiger partial charge in [0.15, 0.2) is 0 Å². The normalized spacial score (nSPS) is 10.7. The van der Waals surface area contributed by atoms with Crippen LogP contribution >= 0.6 is 11.6 Å². The van der Waals surface area contributed by atoms with E-state index in [9.17, 15) is 4.79 Å². The monoisotopic (exact) mass is 269 g/mol. The van der Waals surface area contributed by atoms with Crippen molar-refractivity contribution in [2.45, 2.75) is 27.2 Å². The molecule has 0 atom stereocenters. The van der Waals surface area contributed by atoms with Crippen molar-refractivity contribution in [2.24, 2.45) is 5.92 Å². The summed E-state index contributed by atoms with van der Waals surface area (Å²) in [5.74, 6) is -0.279. The van der Waals surface area contributed by atoms with Gasteiger partial charge in [-0.2, -0.15) is 0 Å². The van der Waals surface area contributed by atoms with Crippen LogP contribution in [0.3, 0.4) is 0 Å². The van der Waals surface area contributed by atoms with E-state index in [1.165, 1.54) is 0 Å². The highest BCUT2D eigenvalue weighted by Crippen LogP contribution is 2.26. The molecule has 1 rings (SSSR count). The molecular formula is C14H20ClNO2. The zero-order valence-electron chi connectivity index (χ0n) is 11.1. The van der Waals surface area contributed by atoms with E-state index in [-0.39, 0.29) is 6.54 Å². The van der Waals surface area contributed by atoms with Crippen molar-refractivity contribution in [2.75, 3.05) is 18.0 Å². The molecule has 1 aromatic carbocycles. The van der Waals surface area contributed by atoms with Gasteiger partial charge in [0.1, 0.15) is 6.54 Å². The highest BCUT2D eigenvalue weighted by Gasteiger charge is 2.14. The van der Waals surface area contributed by atoms with Crippen molar-refractivity contribution >= 4 is 23.3 Å². The van der Waals surface area contributed by atoms with Crippen LogP contribution in [-0.4, -0.2) is 24.2 Å². The molecule has 0 aliphatic rings. The molecule has 0 unspecified atom stereocenters. The Morgan fingerprint density at radius 2 is 2.11 bits per heavy atom. The van der Waals surface area contributed by atoms with E-state index in [4.69, 9.17) is 16.7 Å². The second-order valence-corrected chi connectivity index (χ2v) is 5.29. The minimum atomic E-state index is -0.821. The summed E-state index contributed by atoms with van der Waals surface area (Å²) in [5.41, 5.74) is 1.84. The first-order chi connectivity index (χ1) is 8.41. The van der Waals surface area contributed by atoms with Crippen molar-refractivity contribution in [3.63, 3.8) is 0 Å². The van der Waals surface area contributed by atoms with Gasteiger partial charge in [0.05, 0.1) is 0 Å². The molecule has 0 spiro atoms. The molecule has 18 heavy (non-hydrogen) atoms. The summed E-state index contributed by atoms with van der Waals surface area (Å²) in [6.07, 6.45) is 0.958. The largest absolute Gasteiger partial charge is 0.480 e. The van der Waals surface area contributed by atoms with E-state index in [2.05, 4.69) is 13.8 Å². The van der Waals surface area contributed by atoms with Crippen LogP contribution in [0, 0.1) is 12.8 Å². The molecule has 1 aromatic rings. The smallest absolute Gasteiger partial charge is 0.323 e. The lowest BCUT2D eigenvalue weighted by Crippen LogP contribution is -2.31. The van der Waals surface area contributed by atoms with Gasteiger partial charge in [0.25, 0.3) is 0 Å². The molecule has 0 aliphatic carbocycles. The quantitative estimate of drug-likeness (QED) is 0.858. The molecule has 0 amide bonds. The lowest BCUT2D eigenvalue weighted by molar-refractivity contribution is -0.135. The summed E-state index contributed by atoms with van der Waals surface area (Å²) in [7, 11) is 0. The average Bonchev–Trinajstić information content (AvgIpc) is 2.27. The number of hydrogen-bond acceptors (Lipinski definition) is 2. The lowest BCUT2D eigenvalue weighted by Gasteiger charge is -2.25. The Balaban J connectivity index is 2.93. The first kappa shape index (κ1) is 14.8. The van der Waals surface area contributed by atoms with E-state index < -0.39 is 5.97 Å². The number of rotatable bonds is 6. The van der Waals surface area contributed by atoms with Gasteiger partial charge >= 0.3 is 5.97 Å². The van der Waals surface area contributed by atoms with Crippen LogP contribution in [0.15, 0.2) is 18.2 Å². The van der Waals surface area contributed by atoms with Crippen LogP contribution in [0.25, 0.3) is 0 Å². The summed E-state index contributed by atoms with van der Waals surface area (Å²) in [4.78, 5) is 12.8. The zero-order valence-corrected chi connectivity index (χ0v) is 11.9. The minimum Gasteiger partial charge on any atom is -0.480 e. The van der Waals surface area contributed by atoms with Crippen molar-refractivity contribution in [3.05, 3.63) is 28.8 Å². The maximum atomic E-state index is 10.9. The molecule has 0 bridgehead atoms. The Kier molecular flexibility index (Phi) is 5.48. The summed E-state index contributed by atoms with van der Waals surface area (Å²) < 4.78 is 0. The molecule has 0 saturated heterocycles. The fraction of sp³-hybridized carbons (Fsp3) is 0.500. The Labute approximate surface area is 113 Å². The molecule has 3 nitrogen and oxygen atoms in total. The van der Waals surface area contributed by atoms with Gasteiger partial charge in [0.2, 0.25) is 0 Å². The number of benzene rings is 1. The Morgan fingerprint density at radius 3 is 2.67 bits per heavy atom. The third-order valence-electron chi connectivity index (χ3n) is 2.88. The second-order valence-electron chi connectivity index (χ2n) is 4.88. The molecule has 1 N–H and O–H groups in total. The second kappa shape index (κ2) is 6.64. The third-order valence-corrected chi connectivity index (χ3v) is 3.29. The number of carboxylic acid groups (broad SMARTS) is 1. The highest BCUT2D eigenvalue weighted by molar-refractivity contribution is 6.31. The maximum absolute atomic E-state index is 10.9. The lowest BCUT2D eigenvalue weighted by atomic mass is 10.1. The topological polar surface area (TPSA) is 40.5 Å². The molecule has 4 heteroatoms. The Morgan fingerprint density at radius 1 is 1.44 bits per heavy atom. The SMILES string of the molecule is Cc1c(Cl)cccc1N(CCC(C)C)CC(=O)O. The Bertz CT molecular complexity index is 418. The molecule has 0 aromatic heterocycles. The molecular weight excluding hydrogens is 250 g/mol. The number of hydrogen-bond donors (Lipinski definition) is 1. The van der Waals surface area contributed by atoms with Crippen LogP contribution in [-0.2, 0) is 4.79 Å². The van der Waals surface area contributed by atoms with Gasteiger partial charge in [-0.25, -0.2) is 0 Å². The molecule has 0 saturated carbocycles. The van der Waals surface area contributed by atoms with E-state index >= 15 is 0 Å². The molecule has 0 fully saturated rings. The van der Waals surface area contributed by atoms with Crippen molar-refractivity contribution in [1.82, 2.24) is 0 Å². The van der Waals surface area contributed by atoms with E-state index in [1.807, 2.05) is 30.0 Å². The molecule has 0 aliphatic heterocycles. The Hall–Kier alpha value is -1.22. The van der Waals surface area contributed by atoms with E-state index in [0.717, 1.165) is 24.2 Å². The van der Waals surface area contributed by atoms with Crippen LogP contribution in [0.5, 0.6) is 0 Å². The van der Waals surface area contributed by atoms with Gasteiger partial charge in [-0.3, -0.25) is 4.79 Å². The van der Waals surface area contributed by atoms with Crippen LogP contribution in [0.4, 0.5) is 5.69 Å². The number of anilines is 1. The number of halogens is 1. The third kappa shape index (κ3) is 4.22. The summed E-state index contributed by atoms with van der Waals surface area (Å²) in [6, 6.07) is 5.60. The van der Waals surface area contributed by atoms with Gasteiger partial charge in [-0.15, -0.1) is 0 Å². The average molecular weight is 270 g/mol. The number of aliphatic carboxylic acids is 1. The predicted molar refractivity (Wildman–Crippen MR) is 75.5 cm³/mol. The molecule has 0 heterocycles. The van der Waals surface area contributed by atoms with Crippen molar-refractivity contribution in [3.8, 4) is 0 Å². The fourth-order valence-corrected chi connectivity index (χ4v) is 1.97. The molecule has 100 valence electrons. The fourth-order valence-electron chi connectivity index (χ4n) is 1.80. The first-order valence-electron chi connectivity index (χ1n) is 6.13. The summed E-state index contributed by atoms with van der Waals surface area (Å²) in [6.45, 7) is 6.91. The highest BCUT2D eigenvalue weighted by atomic mass is 35.5. The van der Waals surface area contributed by atoms with Crippen LogP contribution in [0.2, 0.25) is 5.02 Å². The van der Waals surface area contributed by atoms with Gasteiger partial charge in [0, 0.05) is 17.3 Å². The first-order valence-corrected chi connectivity index (χ1v) is 6.51. The zero-order chi connectivity index (χ0) is 13.7.